The zero-order chi connectivity index (χ0) is 27.4. The topological polar surface area (TPSA) is 41.6 Å². The smallest absolute Gasteiger partial charge is 0.0933 e. The van der Waals surface area contributed by atoms with E-state index in [2.05, 4.69) is 92.1 Å². The van der Waals surface area contributed by atoms with Crippen molar-refractivity contribution in [2.45, 2.75) is 108 Å². The third-order valence-corrected chi connectivity index (χ3v) is 9.93. The van der Waals surface area contributed by atoms with Crippen LogP contribution in [0, 0.1) is 5.41 Å². The Morgan fingerprint density at radius 1 is 0.947 bits per heavy atom. The quantitative estimate of drug-likeness (QED) is 0.140. The van der Waals surface area contributed by atoms with Gasteiger partial charge in [-0.05, 0) is 78.8 Å². The Morgan fingerprint density at radius 3 is 2.26 bits per heavy atom. The molecule has 0 amide bonds. The molecular formula is C34H53N3S. The van der Waals surface area contributed by atoms with E-state index in [0.29, 0.717) is 11.3 Å². The van der Waals surface area contributed by atoms with Crippen molar-refractivity contribution in [3.8, 4) is 0 Å². The van der Waals surface area contributed by atoms with Crippen molar-refractivity contribution in [3.05, 3.63) is 59.2 Å². The molecular weight excluding hydrogens is 482 g/mol. The average molecular weight is 536 g/mol. The molecule has 0 unspecified atom stereocenters. The molecule has 0 fully saturated rings. The van der Waals surface area contributed by atoms with Crippen molar-refractivity contribution in [1.29, 1.82) is 0 Å². The van der Waals surface area contributed by atoms with E-state index < -0.39 is 0 Å². The molecule has 2 aromatic carbocycles. The molecule has 0 radical (unpaired) electrons. The van der Waals surface area contributed by atoms with E-state index in [1.165, 1.54) is 91.7 Å². The second kappa shape index (κ2) is 15.6. The predicted octanol–water partition coefficient (Wildman–Crippen LogP) is 9.23. The van der Waals surface area contributed by atoms with E-state index in [0.717, 1.165) is 25.1 Å². The number of fused-ring (bicyclic) bond motifs is 1. The summed E-state index contributed by atoms with van der Waals surface area (Å²) in [4.78, 5) is 7.81. The van der Waals surface area contributed by atoms with Gasteiger partial charge in [0.2, 0.25) is 0 Å². The van der Waals surface area contributed by atoms with E-state index in [4.69, 9.17) is 5.73 Å². The van der Waals surface area contributed by atoms with Crippen LogP contribution in [-0.4, -0.2) is 32.7 Å². The Bertz CT molecular complexity index is 987. The molecule has 0 aliphatic carbocycles. The highest BCUT2D eigenvalue weighted by Crippen LogP contribution is 2.51. The molecule has 2 aromatic rings. The van der Waals surface area contributed by atoms with Crippen molar-refractivity contribution >= 4 is 23.3 Å². The second-order valence-electron chi connectivity index (χ2n) is 11.7. The minimum Gasteiger partial charge on any atom is -0.387 e. The monoisotopic (exact) mass is 535 g/mol. The van der Waals surface area contributed by atoms with Gasteiger partial charge in [-0.25, -0.2) is 0 Å². The van der Waals surface area contributed by atoms with Crippen molar-refractivity contribution in [2.24, 2.45) is 16.1 Å². The lowest BCUT2D eigenvalue weighted by atomic mass is 9.70. The molecule has 1 atom stereocenters. The largest absolute Gasteiger partial charge is 0.387 e. The van der Waals surface area contributed by atoms with Gasteiger partial charge >= 0.3 is 0 Å². The molecule has 38 heavy (non-hydrogen) atoms. The van der Waals surface area contributed by atoms with Crippen LogP contribution in [0.1, 0.15) is 114 Å². The van der Waals surface area contributed by atoms with Crippen LogP contribution in [0.5, 0.6) is 0 Å². The van der Waals surface area contributed by atoms with E-state index >= 15 is 0 Å². The SMILES string of the molecule is CCCCC1(CCCC)CSc2ccc(N(C)C)cc2[C@@H](c2ccc(CCCCCCC(N)=NC)cc2)C1. The molecule has 0 bridgehead atoms. The fourth-order valence-corrected chi connectivity index (χ4v) is 7.34. The fourth-order valence-electron chi connectivity index (χ4n) is 5.94. The average Bonchev–Trinajstić information content (AvgIpc) is 3.10. The van der Waals surface area contributed by atoms with E-state index in [-0.39, 0.29) is 0 Å². The highest BCUT2D eigenvalue weighted by atomic mass is 32.2. The summed E-state index contributed by atoms with van der Waals surface area (Å²) in [5.41, 5.74) is 12.1. The molecule has 210 valence electrons. The summed E-state index contributed by atoms with van der Waals surface area (Å²) in [5, 5.41) is 0. The summed E-state index contributed by atoms with van der Waals surface area (Å²) in [5.74, 6) is 2.50. The fraction of sp³-hybridized carbons (Fsp3) is 0.618. The first kappa shape index (κ1) is 30.6. The Kier molecular flexibility index (Phi) is 12.6. The molecule has 2 N–H and O–H groups in total. The minimum absolute atomic E-state index is 0.420. The lowest BCUT2D eigenvalue weighted by Crippen LogP contribution is -2.26. The van der Waals surface area contributed by atoms with Gasteiger partial charge in [0.15, 0.2) is 0 Å². The number of aliphatic imine (C=N–C) groups is 1. The van der Waals surface area contributed by atoms with Gasteiger partial charge in [-0.15, -0.1) is 11.8 Å². The number of nitrogens with two attached hydrogens (primary N) is 1. The summed E-state index contributed by atoms with van der Waals surface area (Å²) < 4.78 is 0. The number of thioether (sulfide) groups is 1. The van der Waals surface area contributed by atoms with Crippen molar-refractivity contribution < 1.29 is 0 Å². The van der Waals surface area contributed by atoms with Crippen molar-refractivity contribution in [3.63, 3.8) is 0 Å². The van der Waals surface area contributed by atoms with Gasteiger partial charge in [-0.3, -0.25) is 4.99 Å². The maximum Gasteiger partial charge on any atom is 0.0933 e. The van der Waals surface area contributed by atoms with E-state index in [1.807, 2.05) is 0 Å². The minimum atomic E-state index is 0.420. The standard InChI is InChI=1S/C34H53N3S/c1-6-8-22-34(23-9-7-2)25-31(30-24-29(37(4)5)20-21-32(30)38-26-34)28-18-16-27(17-19-28)14-12-10-11-13-15-33(35)36-3/h16-21,24,31H,6-15,22-23,25-26H2,1-5H3,(H2,35,36)/t31-/m1/s1. The second-order valence-corrected chi connectivity index (χ2v) is 12.8. The van der Waals surface area contributed by atoms with Gasteiger partial charge in [0.1, 0.15) is 0 Å². The Balaban J connectivity index is 1.80. The summed E-state index contributed by atoms with van der Waals surface area (Å²) >= 11 is 2.13. The zero-order valence-electron chi connectivity index (χ0n) is 24.9. The molecule has 0 saturated heterocycles. The van der Waals surface area contributed by atoms with Crippen LogP contribution >= 0.6 is 11.8 Å². The summed E-state index contributed by atoms with van der Waals surface area (Å²) in [6, 6.07) is 16.9. The number of anilines is 1. The van der Waals surface area contributed by atoms with Gasteiger partial charge < -0.3 is 10.6 Å². The van der Waals surface area contributed by atoms with Crippen LogP contribution in [0.25, 0.3) is 0 Å². The predicted molar refractivity (Wildman–Crippen MR) is 170 cm³/mol. The normalized spacial score (nSPS) is 17.2. The number of hydrogen-bond donors (Lipinski definition) is 1. The van der Waals surface area contributed by atoms with Crippen molar-refractivity contribution in [1.82, 2.24) is 0 Å². The Labute approximate surface area is 238 Å². The first-order chi connectivity index (χ1) is 18.4. The lowest BCUT2D eigenvalue weighted by Gasteiger charge is -2.35. The molecule has 0 saturated carbocycles. The molecule has 0 aromatic heterocycles. The Morgan fingerprint density at radius 2 is 1.63 bits per heavy atom. The maximum absolute atomic E-state index is 5.83. The van der Waals surface area contributed by atoms with Gasteiger partial charge in [-0.1, -0.05) is 76.6 Å². The summed E-state index contributed by atoms with van der Waals surface area (Å²) in [6.07, 6.45) is 16.2. The molecule has 1 aliphatic heterocycles. The zero-order valence-corrected chi connectivity index (χ0v) is 25.7. The van der Waals surface area contributed by atoms with Crippen LogP contribution < -0.4 is 10.6 Å². The van der Waals surface area contributed by atoms with Crippen LogP contribution in [0.15, 0.2) is 52.4 Å². The highest BCUT2D eigenvalue weighted by Gasteiger charge is 2.37. The third-order valence-electron chi connectivity index (χ3n) is 8.50. The number of nitrogens with zero attached hydrogens (tertiary/aromatic N) is 2. The van der Waals surface area contributed by atoms with E-state index in [1.54, 1.807) is 12.6 Å². The summed E-state index contributed by atoms with van der Waals surface area (Å²) in [6.45, 7) is 4.70. The van der Waals surface area contributed by atoms with Crippen LogP contribution in [0.4, 0.5) is 5.69 Å². The van der Waals surface area contributed by atoms with Gasteiger partial charge in [0.05, 0.1) is 5.84 Å². The molecule has 1 heterocycles. The van der Waals surface area contributed by atoms with Gasteiger partial charge in [0.25, 0.3) is 0 Å². The lowest BCUT2D eigenvalue weighted by molar-refractivity contribution is 0.233. The number of unbranched alkanes of at least 4 members (excludes halogenated alkanes) is 5. The van der Waals surface area contributed by atoms with Crippen LogP contribution in [0.2, 0.25) is 0 Å². The first-order valence-corrected chi connectivity index (χ1v) is 16.1. The first-order valence-electron chi connectivity index (χ1n) is 15.2. The molecule has 4 heteroatoms. The van der Waals surface area contributed by atoms with Crippen molar-refractivity contribution in [2.75, 3.05) is 31.8 Å². The summed E-state index contributed by atoms with van der Waals surface area (Å²) in [7, 11) is 6.10. The molecule has 1 aliphatic rings. The van der Waals surface area contributed by atoms with Gasteiger partial charge in [-0.2, -0.15) is 0 Å². The highest BCUT2D eigenvalue weighted by molar-refractivity contribution is 7.99. The van der Waals surface area contributed by atoms with Crippen LogP contribution in [-0.2, 0) is 6.42 Å². The Hall–Kier alpha value is -1.94. The number of rotatable bonds is 15. The third kappa shape index (κ3) is 8.79. The van der Waals surface area contributed by atoms with Crippen LogP contribution in [0.3, 0.4) is 0 Å². The molecule has 3 rings (SSSR count). The number of hydrogen-bond acceptors (Lipinski definition) is 3. The number of amidine groups is 1. The molecule has 3 nitrogen and oxygen atoms in total. The van der Waals surface area contributed by atoms with E-state index in [9.17, 15) is 0 Å². The van der Waals surface area contributed by atoms with Gasteiger partial charge in [0, 0.05) is 49.8 Å². The number of aryl methyl sites for hydroxylation is 1. The maximum atomic E-state index is 5.83. The number of benzene rings is 2. The molecule has 0 spiro atoms.